The van der Waals surface area contributed by atoms with Crippen molar-refractivity contribution < 1.29 is 9.59 Å². The van der Waals surface area contributed by atoms with Crippen molar-refractivity contribution in [1.29, 1.82) is 0 Å². The molecule has 2 amide bonds. The molecule has 1 aliphatic heterocycles. The minimum atomic E-state index is -0.687. The molecule has 1 N–H and O–H groups in total. The summed E-state index contributed by atoms with van der Waals surface area (Å²) in [4.78, 5) is 27.2. The lowest BCUT2D eigenvalue weighted by molar-refractivity contribution is -0.143. The Kier molecular flexibility index (Phi) is 4.95. The van der Waals surface area contributed by atoms with E-state index in [0.29, 0.717) is 43.7 Å². The highest BCUT2D eigenvalue weighted by Gasteiger charge is 2.45. The molecule has 4 nitrogen and oxygen atoms in total. The van der Waals surface area contributed by atoms with Gasteiger partial charge in [-0.15, -0.1) is 0 Å². The predicted octanol–water partition coefficient (Wildman–Crippen LogP) is 2.72. The Balaban J connectivity index is 2.29. The van der Waals surface area contributed by atoms with Crippen LogP contribution in [-0.2, 0) is 9.59 Å². The van der Waals surface area contributed by atoms with Crippen LogP contribution in [0.4, 0.5) is 0 Å². The van der Waals surface area contributed by atoms with Crippen molar-refractivity contribution in [2.75, 3.05) is 6.54 Å². The zero-order valence-corrected chi connectivity index (χ0v) is 13.9. The lowest BCUT2D eigenvalue weighted by Crippen LogP contribution is -2.59. The van der Waals surface area contributed by atoms with Crippen molar-refractivity contribution in [3.63, 3.8) is 0 Å². The first-order valence-corrected chi connectivity index (χ1v) is 8.57. The topological polar surface area (TPSA) is 49.4 Å². The van der Waals surface area contributed by atoms with Crippen molar-refractivity contribution in [1.82, 2.24) is 10.2 Å². The molecule has 1 saturated carbocycles. The molecule has 4 heteroatoms. The van der Waals surface area contributed by atoms with E-state index in [-0.39, 0.29) is 11.8 Å². The van der Waals surface area contributed by atoms with Crippen LogP contribution >= 0.6 is 0 Å². The van der Waals surface area contributed by atoms with E-state index in [1.54, 1.807) is 0 Å². The van der Waals surface area contributed by atoms with Gasteiger partial charge in [0.1, 0.15) is 5.54 Å². The quantitative estimate of drug-likeness (QED) is 0.870. The zero-order chi connectivity index (χ0) is 15.6. The van der Waals surface area contributed by atoms with Gasteiger partial charge in [-0.3, -0.25) is 9.59 Å². The maximum Gasteiger partial charge on any atom is 0.248 e. The summed E-state index contributed by atoms with van der Waals surface area (Å²) in [7, 11) is 0. The van der Waals surface area contributed by atoms with Crippen LogP contribution < -0.4 is 5.32 Å². The van der Waals surface area contributed by atoms with Gasteiger partial charge < -0.3 is 10.2 Å². The SMILES string of the molecule is CCC1(CC)NC(=O)CCN(C2CCCC(C)C2C)C1=O. The number of amides is 2. The molecule has 3 atom stereocenters. The Morgan fingerprint density at radius 3 is 2.48 bits per heavy atom. The third kappa shape index (κ3) is 2.95. The number of nitrogens with one attached hydrogen (secondary N) is 1. The first-order valence-electron chi connectivity index (χ1n) is 8.57. The molecule has 2 rings (SSSR count). The molecular formula is C17H30N2O2. The fourth-order valence-electron chi connectivity index (χ4n) is 4.02. The van der Waals surface area contributed by atoms with Crippen molar-refractivity contribution in [2.24, 2.45) is 11.8 Å². The highest BCUT2D eigenvalue weighted by atomic mass is 16.2. The van der Waals surface area contributed by atoms with E-state index < -0.39 is 5.54 Å². The minimum absolute atomic E-state index is 0.0195. The van der Waals surface area contributed by atoms with Crippen LogP contribution in [0.2, 0.25) is 0 Å². The van der Waals surface area contributed by atoms with E-state index in [1.807, 2.05) is 18.7 Å². The molecular weight excluding hydrogens is 264 g/mol. The fraction of sp³-hybridized carbons (Fsp3) is 0.882. The summed E-state index contributed by atoms with van der Waals surface area (Å²) in [6.45, 7) is 9.13. The maximum atomic E-state index is 13.1. The number of hydrogen-bond acceptors (Lipinski definition) is 2. The van der Waals surface area contributed by atoms with E-state index in [0.717, 1.165) is 6.42 Å². The maximum absolute atomic E-state index is 13.1. The Morgan fingerprint density at radius 1 is 1.19 bits per heavy atom. The summed E-state index contributed by atoms with van der Waals surface area (Å²) < 4.78 is 0. The van der Waals surface area contributed by atoms with E-state index in [2.05, 4.69) is 19.2 Å². The van der Waals surface area contributed by atoms with Crippen LogP contribution in [0.15, 0.2) is 0 Å². The molecule has 0 aromatic heterocycles. The third-order valence-corrected chi connectivity index (χ3v) is 5.90. The van der Waals surface area contributed by atoms with E-state index >= 15 is 0 Å². The third-order valence-electron chi connectivity index (χ3n) is 5.90. The van der Waals surface area contributed by atoms with Gasteiger partial charge in [0.15, 0.2) is 0 Å². The second-order valence-corrected chi connectivity index (χ2v) is 6.92. The van der Waals surface area contributed by atoms with Crippen LogP contribution in [0.5, 0.6) is 0 Å². The van der Waals surface area contributed by atoms with E-state index in [9.17, 15) is 9.59 Å². The summed E-state index contributed by atoms with van der Waals surface area (Å²) >= 11 is 0. The standard InChI is InChI=1S/C17H30N2O2/c1-5-17(6-2)16(21)19(11-10-15(20)18-17)14-9-7-8-12(3)13(14)4/h12-14H,5-11H2,1-4H3,(H,18,20). The largest absolute Gasteiger partial charge is 0.342 e. The molecule has 1 aliphatic carbocycles. The molecule has 0 aromatic rings. The minimum Gasteiger partial charge on any atom is -0.342 e. The molecule has 3 unspecified atom stereocenters. The van der Waals surface area contributed by atoms with Gasteiger partial charge in [0, 0.05) is 19.0 Å². The summed E-state index contributed by atoms with van der Waals surface area (Å²) in [5.74, 6) is 1.33. The van der Waals surface area contributed by atoms with Gasteiger partial charge in [-0.1, -0.05) is 40.5 Å². The lowest BCUT2D eigenvalue weighted by atomic mass is 9.76. The Bertz CT molecular complexity index is 404. The van der Waals surface area contributed by atoms with Gasteiger partial charge in [0.2, 0.25) is 11.8 Å². The van der Waals surface area contributed by atoms with Gasteiger partial charge in [-0.25, -0.2) is 0 Å². The summed E-state index contributed by atoms with van der Waals surface area (Å²) in [6.07, 6.45) is 5.29. The smallest absolute Gasteiger partial charge is 0.248 e. The second kappa shape index (κ2) is 6.37. The molecule has 1 saturated heterocycles. The molecule has 1 heterocycles. The number of rotatable bonds is 3. The zero-order valence-electron chi connectivity index (χ0n) is 13.9. The van der Waals surface area contributed by atoms with Crippen molar-refractivity contribution in [3.8, 4) is 0 Å². The second-order valence-electron chi connectivity index (χ2n) is 6.92. The average molecular weight is 294 g/mol. The Morgan fingerprint density at radius 2 is 1.86 bits per heavy atom. The molecule has 2 aliphatic rings. The Labute approximate surface area is 128 Å². The fourth-order valence-corrected chi connectivity index (χ4v) is 4.02. The van der Waals surface area contributed by atoms with Crippen molar-refractivity contribution in [3.05, 3.63) is 0 Å². The Hall–Kier alpha value is -1.06. The monoisotopic (exact) mass is 294 g/mol. The van der Waals surface area contributed by atoms with Gasteiger partial charge >= 0.3 is 0 Å². The van der Waals surface area contributed by atoms with E-state index in [4.69, 9.17) is 0 Å². The van der Waals surface area contributed by atoms with Crippen molar-refractivity contribution in [2.45, 2.75) is 77.8 Å². The van der Waals surface area contributed by atoms with Crippen LogP contribution in [0.3, 0.4) is 0 Å². The number of hydrogen-bond donors (Lipinski definition) is 1. The van der Waals surface area contributed by atoms with Gasteiger partial charge in [0.25, 0.3) is 0 Å². The van der Waals surface area contributed by atoms with Crippen LogP contribution in [0.1, 0.15) is 66.2 Å². The molecule has 2 fully saturated rings. The van der Waals surface area contributed by atoms with E-state index in [1.165, 1.54) is 12.8 Å². The lowest BCUT2D eigenvalue weighted by Gasteiger charge is -2.44. The molecule has 0 bridgehead atoms. The predicted molar refractivity (Wildman–Crippen MR) is 83.8 cm³/mol. The summed E-state index contributed by atoms with van der Waals surface area (Å²) in [6, 6.07) is 0.298. The first-order chi connectivity index (χ1) is 9.95. The molecule has 21 heavy (non-hydrogen) atoms. The van der Waals surface area contributed by atoms with Gasteiger partial charge in [0.05, 0.1) is 0 Å². The normalized spacial score (nSPS) is 33.5. The summed E-state index contributed by atoms with van der Waals surface area (Å²) in [5, 5.41) is 3.01. The summed E-state index contributed by atoms with van der Waals surface area (Å²) in [5.41, 5.74) is -0.687. The molecule has 120 valence electrons. The van der Waals surface area contributed by atoms with Gasteiger partial charge in [-0.05, 0) is 31.1 Å². The number of nitrogens with zero attached hydrogens (tertiary/aromatic N) is 1. The number of carbonyl (C=O) groups is 2. The van der Waals surface area contributed by atoms with Crippen LogP contribution in [0, 0.1) is 11.8 Å². The highest BCUT2D eigenvalue weighted by Crippen LogP contribution is 2.35. The number of carbonyl (C=O) groups excluding carboxylic acids is 2. The molecule has 0 aromatic carbocycles. The van der Waals surface area contributed by atoms with Crippen molar-refractivity contribution >= 4 is 11.8 Å². The van der Waals surface area contributed by atoms with Crippen LogP contribution in [-0.4, -0.2) is 34.8 Å². The van der Waals surface area contributed by atoms with Crippen LogP contribution in [0.25, 0.3) is 0 Å². The van der Waals surface area contributed by atoms with Gasteiger partial charge in [-0.2, -0.15) is 0 Å². The molecule has 0 spiro atoms. The molecule has 0 radical (unpaired) electrons. The highest BCUT2D eigenvalue weighted by molar-refractivity contribution is 5.93. The average Bonchev–Trinajstić information content (AvgIpc) is 2.60. The first kappa shape index (κ1) is 16.3.